The van der Waals surface area contributed by atoms with E-state index in [1.165, 1.54) is 0 Å². The number of benzene rings is 1. The highest BCUT2D eigenvalue weighted by molar-refractivity contribution is 9.10. The number of ketones is 1. The number of nitriles is 1. The van der Waals surface area contributed by atoms with Gasteiger partial charge in [0.2, 0.25) is 0 Å². The zero-order valence-electron chi connectivity index (χ0n) is 9.93. The lowest BCUT2D eigenvalue weighted by Gasteiger charge is -2.23. The molecule has 1 saturated heterocycles. The van der Waals surface area contributed by atoms with Crippen LogP contribution < -0.4 is 0 Å². The molecule has 94 valence electrons. The highest BCUT2D eigenvalue weighted by Crippen LogP contribution is 2.24. The maximum Gasteiger partial charge on any atom is 0.183 e. The zero-order valence-corrected chi connectivity index (χ0v) is 11.5. The van der Waals surface area contributed by atoms with Gasteiger partial charge in [0.1, 0.15) is 12.0 Å². The minimum absolute atomic E-state index is 0.112. The van der Waals surface area contributed by atoms with Gasteiger partial charge in [0, 0.05) is 11.1 Å². The van der Waals surface area contributed by atoms with Crippen LogP contribution in [0.4, 0.5) is 0 Å². The van der Waals surface area contributed by atoms with Gasteiger partial charge >= 0.3 is 0 Å². The summed E-state index contributed by atoms with van der Waals surface area (Å²) in [5.41, 5.74) is 0.736. The lowest BCUT2D eigenvalue weighted by molar-refractivity contribution is -0.133. The molecule has 0 aromatic heterocycles. The maximum absolute atomic E-state index is 12.3. The monoisotopic (exact) mass is 307 g/mol. The van der Waals surface area contributed by atoms with E-state index in [0.717, 1.165) is 29.3 Å². The van der Waals surface area contributed by atoms with Crippen molar-refractivity contribution in [1.82, 2.24) is 0 Å². The summed E-state index contributed by atoms with van der Waals surface area (Å²) in [5, 5.41) is 9.21. The molecular formula is C14H14BrNO2. The van der Waals surface area contributed by atoms with Gasteiger partial charge in [0.25, 0.3) is 0 Å². The molecule has 1 aromatic rings. The van der Waals surface area contributed by atoms with E-state index in [9.17, 15) is 10.1 Å². The number of halogens is 1. The van der Waals surface area contributed by atoms with Gasteiger partial charge in [-0.15, -0.1) is 0 Å². The second-order valence-electron chi connectivity index (χ2n) is 4.37. The number of carbonyl (C=O) groups excluding carboxylic acids is 1. The molecule has 0 amide bonds. The van der Waals surface area contributed by atoms with Gasteiger partial charge in [-0.3, -0.25) is 4.79 Å². The fraction of sp³-hybridized carbons (Fsp3) is 0.429. The average Bonchev–Trinajstić information content (AvgIpc) is 2.42. The number of Topliss-reactive ketones (excluding diaryl/α,β-unsaturated/α-hetero) is 1. The zero-order chi connectivity index (χ0) is 13.0. The van der Waals surface area contributed by atoms with E-state index >= 15 is 0 Å². The Bertz CT molecular complexity index is 458. The number of hydrogen-bond acceptors (Lipinski definition) is 3. The van der Waals surface area contributed by atoms with Gasteiger partial charge < -0.3 is 4.74 Å². The number of rotatable bonds is 3. The summed E-state index contributed by atoms with van der Waals surface area (Å²) in [4.78, 5) is 12.3. The van der Waals surface area contributed by atoms with Crippen molar-refractivity contribution < 1.29 is 9.53 Å². The van der Waals surface area contributed by atoms with Crippen molar-refractivity contribution in [1.29, 1.82) is 5.26 Å². The summed E-state index contributed by atoms with van der Waals surface area (Å²) in [7, 11) is 0. The van der Waals surface area contributed by atoms with Crippen LogP contribution in [0.15, 0.2) is 28.7 Å². The van der Waals surface area contributed by atoms with Crippen LogP contribution in [0.5, 0.6) is 0 Å². The molecule has 0 spiro atoms. The van der Waals surface area contributed by atoms with E-state index in [-0.39, 0.29) is 5.78 Å². The Hall–Kier alpha value is -1.18. The molecule has 4 heteroatoms. The fourth-order valence-corrected chi connectivity index (χ4v) is 2.37. The normalized spacial score (nSPS) is 21.0. The minimum atomic E-state index is -0.721. The Morgan fingerprint density at radius 2 is 2.11 bits per heavy atom. The molecule has 2 atom stereocenters. The first kappa shape index (κ1) is 13.3. The van der Waals surface area contributed by atoms with Crippen molar-refractivity contribution >= 4 is 21.7 Å². The molecular weight excluding hydrogens is 294 g/mol. The number of hydrogen-bond donors (Lipinski definition) is 0. The molecule has 2 unspecified atom stereocenters. The molecule has 0 saturated carbocycles. The third-order valence-corrected chi connectivity index (χ3v) is 3.64. The van der Waals surface area contributed by atoms with Crippen molar-refractivity contribution in [2.75, 3.05) is 6.61 Å². The average molecular weight is 308 g/mol. The third-order valence-electron chi connectivity index (χ3n) is 3.11. The lowest BCUT2D eigenvalue weighted by atomic mass is 9.90. The Labute approximate surface area is 115 Å². The van der Waals surface area contributed by atoms with Crippen LogP contribution in [-0.4, -0.2) is 18.5 Å². The molecule has 0 N–H and O–H groups in total. The predicted octanol–water partition coefficient (Wildman–Crippen LogP) is 3.19. The predicted molar refractivity (Wildman–Crippen MR) is 71.1 cm³/mol. The molecule has 2 rings (SSSR count). The molecule has 3 nitrogen and oxygen atoms in total. The van der Waals surface area contributed by atoms with Crippen LogP contribution in [-0.2, 0) is 9.53 Å². The van der Waals surface area contributed by atoms with Gasteiger partial charge in [-0.25, -0.2) is 0 Å². The molecule has 1 aliphatic heterocycles. The van der Waals surface area contributed by atoms with Crippen LogP contribution in [0.1, 0.15) is 30.7 Å². The van der Waals surface area contributed by atoms with Crippen LogP contribution in [0, 0.1) is 11.3 Å². The molecule has 1 aliphatic rings. The summed E-state index contributed by atoms with van der Waals surface area (Å²) < 4.78 is 6.39. The Balaban J connectivity index is 2.15. The highest BCUT2D eigenvalue weighted by atomic mass is 79.9. The smallest absolute Gasteiger partial charge is 0.183 e. The highest BCUT2D eigenvalue weighted by Gasteiger charge is 2.30. The van der Waals surface area contributed by atoms with E-state index in [0.29, 0.717) is 6.61 Å². The SMILES string of the molecule is N#CC(C(=O)C1CCCCO1)c1ccc(Br)cc1. The van der Waals surface area contributed by atoms with Crippen LogP contribution in [0.3, 0.4) is 0 Å². The Kier molecular flexibility index (Phi) is 4.51. The van der Waals surface area contributed by atoms with E-state index in [1.54, 1.807) is 12.1 Å². The lowest BCUT2D eigenvalue weighted by Crippen LogP contribution is -2.32. The summed E-state index contributed by atoms with van der Waals surface area (Å²) >= 11 is 3.34. The first-order valence-corrected chi connectivity index (χ1v) is 6.82. The molecule has 1 fully saturated rings. The van der Waals surface area contributed by atoms with Crippen molar-refractivity contribution in [3.63, 3.8) is 0 Å². The van der Waals surface area contributed by atoms with Crippen LogP contribution in [0.25, 0.3) is 0 Å². The van der Waals surface area contributed by atoms with E-state index in [2.05, 4.69) is 22.0 Å². The van der Waals surface area contributed by atoms with Gasteiger partial charge in [-0.1, -0.05) is 28.1 Å². The van der Waals surface area contributed by atoms with Gasteiger partial charge in [-0.05, 0) is 37.0 Å². The number of nitrogens with zero attached hydrogens (tertiary/aromatic N) is 1. The van der Waals surface area contributed by atoms with E-state index in [1.807, 2.05) is 12.1 Å². The van der Waals surface area contributed by atoms with Crippen molar-refractivity contribution in [3.05, 3.63) is 34.3 Å². The van der Waals surface area contributed by atoms with E-state index < -0.39 is 12.0 Å². The van der Waals surface area contributed by atoms with Crippen molar-refractivity contribution in [3.8, 4) is 6.07 Å². The van der Waals surface area contributed by atoms with Crippen LogP contribution in [0.2, 0.25) is 0 Å². The standard InChI is InChI=1S/C14H14BrNO2/c15-11-6-4-10(5-7-11)12(9-16)14(17)13-3-1-2-8-18-13/h4-7,12-13H,1-3,8H2. The third kappa shape index (κ3) is 2.98. The minimum Gasteiger partial charge on any atom is -0.370 e. The van der Waals surface area contributed by atoms with Gasteiger partial charge in [-0.2, -0.15) is 5.26 Å². The molecule has 0 bridgehead atoms. The molecule has 1 aromatic carbocycles. The Morgan fingerprint density at radius 3 is 2.67 bits per heavy atom. The van der Waals surface area contributed by atoms with Gasteiger partial charge in [0.15, 0.2) is 5.78 Å². The topological polar surface area (TPSA) is 50.1 Å². The largest absolute Gasteiger partial charge is 0.370 e. The molecule has 0 radical (unpaired) electrons. The second kappa shape index (κ2) is 6.12. The summed E-state index contributed by atoms with van der Waals surface area (Å²) in [6.45, 7) is 0.620. The second-order valence-corrected chi connectivity index (χ2v) is 5.29. The first-order chi connectivity index (χ1) is 8.72. The van der Waals surface area contributed by atoms with Crippen LogP contribution >= 0.6 is 15.9 Å². The molecule has 1 heterocycles. The summed E-state index contributed by atoms with van der Waals surface area (Å²) in [6, 6.07) is 9.38. The summed E-state index contributed by atoms with van der Waals surface area (Å²) in [6.07, 6.45) is 2.31. The van der Waals surface area contributed by atoms with Gasteiger partial charge in [0.05, 0.1) is 6.07 Å². The first-order valence-electron chi connectivity index (χ1n) is 6.03. The quantitative estimate of drug-likeness (QED) is 0.861. The van der Waals surface area contributed by atoms with Crippen molar-refractivity contribution in [2.45, 2.75) is 31.3 Å². The fourth-order valence-electron chi connectivity index (χ4n) is 2.11. The molecule has 18 heavy (non-hydrogen) atoms. The summed E-state index contributed by atoms with van der Waals surface area (Å²) in [5.74, 6) is -0.833. The molecule has 0 aliphatic carbocycles. The number of carbonyl (C=O) groups is 1. The number of ether oxygens (including phenoxy) is 1. The van der Waals surface area contributed by atoms with Crippen molar-refractivity contribution in [2.24, 2.45) is 0 Å². The van der Waals surface area contributed by atoms with E-state index in [4.69, 9.17) is 4.74 Å². The maximum atomic E-state index is 12.3. The Morgan fingerprint density at radius 1 is 1.39 bits per heavy atom.